The molecule has 0 aliphatic rings. The maximum absolute atomic E-state index is 12.1. The average molecular weight is 354 g/mol. The number of ether oxygens (including phenoxy) is 1. The van der Waals surface area contributed by atoms with Crippen LogP contribution in [0.15, 0.2) is 42.5 Å². The molecule has 0 radical (unpaired) electrons. The van der Waals surface area contributed by atoms with Crippen LogP contribution in [0.4, 0.5) is 11.4 Å². The van der Waals surface area contributed by atoms with Crippen LogP contribution in [-0.2, 0) is 4.79 Å². The number of anilines is 2. The minimum absolute atomic E-state index is 0.0183. The van der Waals surface area contributed by atoms with Crippen molar-refractivity contribution in [1.82, 2.24) is 0 Å². The third-order valence-electron chi connectivity index (χ3n) is 4.42. The van der Waals surface area contributed by atoms with Crippen molar-refractivity contribution in [2.75, 3.05) is 29.9 Å². The lowest BCUT2D eigenvalue weighted by molar-refractivity contribution is -0.116. The fourth-order valence-electron chi connectivity index (χ4n) is 2.94. The summed E-state index contributed by atoms with van der Waals surface area (Å²) in [5.74, 6) is 0.910. The van der Waals surface area contributed by atoms with Crippen LogP contribution in [0, 0.1) is 13.8 Å². The van der Waals surface area contributed by atoms with Gasteiger partial charge in [-0.2, -0.15) is 0 Å². The zero-order valence-electron chi connectivity index (χ0n) is 16.3. The molecule has 4 heteroatoms. The molecule has 0 aromatic heterocycles. The molecule has 1 amide bonds. The second-order valence-corrected chi connectivity index (χ2v) is 6.49. The van der Waals surface area contributed by atoms with Gasteiger partial charge in [-0.3, -0.25) is 4.79 Å². The monoisotopic (exact) mass is 354 g/mol. The molecular weight excluding hydrogens is 324 g/mol. The molecule has 0 aliphatic carbocycles. The third-order valence-corrected chi connectivity index (χ3v) is 4.42. The Kier molecular flexibility index (Phi) is 7.52. The van der Waals surface area contributed by atoms with E-state index in [9.17, 15) is 4.79 Å². The van der Waals surface area contributed by atoms with E-state index in [1.807, 2.05) is 43.3 Å². The fraction of sp³-hybridized carbons (Fsp3) is 0.409. The Hall–Kier alpha value is -2.49. The number of benzene rings is 2. The Morgan fingerprint density at radius 2 is 1.73 bits per heavy atom. The molecule has 0 heterocycles. The number of carbonyl (C=O) groups is 1. The molecule has 2 aromatic rings. The Balaban J connectivity index is 1.74. The molecule has 2 rings (SSSR count). The number of nitrogens with one attached hydrogen (secondary N) is 1. The molecule has 0 spiro atoms. The lowest BCUT2D eigenvalue weighted by atomic mass is 10.1. The van der Waals surface area contributed by atoms with Crippen molar-refractivity contribution in [3.63, 3.8) is 0 Å². The summed E-state index contributed by atoms with van der Waals surface area (Å²) in [6.45, 7) is 10.9. The van der Waals surface area contributed by atoms with Gasteiger partial charge in [-0.1, -0.05) is 17.7 Å². The van der Waals surface area contributed by atoms with Gasteiger partial charge in [0, 0.05) is 30.9 Å². The van der Waals surface area contributed by atoms with Crippen LogP contribution in [0.25, 0.3) is 0 Å². The first-order chi connectivity index (χ1) is 12.5. The van der Waals surface area contributed by atoms with E-state index in [1.54, 1.807) is 0 Å². The van der Waals surface area contributed by atoms with Gasteiger partial charge in [-0.25, -0.2) is 0 Å². The van der Waals surface area contributed by atoms with Gasteiger partial charge in [0.25, 0.3) is 0 Å². The molecule has 0 unspecified atom stereocenters. The van der Waals surface area contributed by atoms with Gasteiger partial charge < -0.3 is 15.0 Å². The van der Waals surface area contributed by atoms with Crippen LogP contribution in [0.2, 0.25) is 0 Å². The van der Waals surface area contributed by atoms with Gasteiger partial charge in [-0.05, 0) is 70.0 Å². The van der Waals surface area contributed by atoms with Crippen LogP contribution in [0.3, 0.4) is 0 Å². The summed E-state index contributed by atoms with van der Waals surface area (Å²) < 4.78 is 5.77. The predicted molar refractivity (Wildman–Crippen MR) is 109 cm³/mol. The van der Waals surface area contributed by atoms with E-state index in [0.717, 1.165) is 30.1 Å². The van der Waals surface area contributed by atoms with E-state index in [1.165, 1.54) is 11.3 Å². The van der Waals surface area contributed by atoms with Crippen LogP contribution in [-0.4, -0.2) is 25.6 Å². The van der Waals surface area contributed by atoms with Gasteiger partial charge in [0.2, 0.25) is 5.91 Å². The summed E-state index contributed by atoms with van der Waals surface area (Å²) >= 11 is 0. The highest BCUT2D eigenvalue weighted by Crippen LogP contribution is 2.20. The second-order valence-electron chi connectivity index (χ2n) is 6.49. The summed E-state index contributed by atoms with van der Waals surface area (Å²) in [4.78, 5) is 14.4. The molecule has 0 atom stereocenters. The molecule has 0 fully saturated rings. The Bertz CT molecular complexity index is 707. The summed E-state index contributed by atoms with van der Waals surface area (Å²) in [7, 11) is 0. The molecule has 0 saturated carbocycles. The second kappa shape index (κ2) is 9.85. The highest BCUT2D eigenvalue weighted by molar-refractivity contribution is 5.90. The van der Waals surface area contributed by atoms with E-state index < -0.39 is 0 Å². The number of hydrogen-bond acceptors (Lipinski definition) is 3. The topological polar surface area (TPSA) is 41.6 Å². The van der Waals surface area contributed by atoms with E-state index in [2.05, 4.69) is 37.1 Å². The van der Waals surface area contributed by atoms with Crippen molar-refractivity contribution in [2.45, 2.75) is 40.5 Å². The zero-order valence-corrected chi connectivity index (χ0v) is 16.3. The Morgan fingerprint density at radius 1 is 1.04 bits per heavy atom. The number of carbonyl (C=O) groups excluding carboxylic acids is 1. The van der Waals surface area contributed by atoms with Crippen LogP contribution < -0.4 is 15.0 Å². The van der Waals surface area contributed by atoms with Crippen molar-refractivity contribution in [1.29, 1.82) is 0 Å². The van der Waals surface area contributed by atoms with E-state index in [-0.39, 0.29) is 5.91 Å². The summed E-state index contributed by atoms with van der Waals surface area (Å²) in [6.07, 6.45) is 1.14. The molecule has 1 N–H and O–H groups in total. The van der Waals surface area contributed by atoms with Crippen molar-refractivity contribution in [3.05, 3.63) is 53.6 Å². The SMILES string of the molecule is CCN(CC)c1ccc(NC(=O)CCCOc2ccc(C)cc2C)cc1. The maximum Gasteiger partial charge on any atom is 0.224 e. The first-order valence-electron chi connectivity index (χ1n) is 9.38. The van der Waals surface area contributed by atoms with Gasteiger partial charge >= 0.3 is 0 Å². The predicted octanol–water partition coefficient (Wildman–Crippen LogP) is 4.95. The number of hydrogen-bond donors (Lipinski definition) is 1. The Morgan fingerprint density at radius 3 is 2.35 bits per heavy atom. The Labute approximate surface area is 157 Å². The number of nitrogens with zero attached hydrogens (tertiary/aromatic N) is 1. The molecule has 4 nitrogen and oxygen atoms in total. The number of amides is 1. The van der Waals surface area contributed by atoms with Crippen LogP contribution in [0.1, 0.15) is 37.8 Å². The smallest absolute Gasteiger partial charge is 0.224 e. The largest absolute Gasteiger partial charge is 0.493 e. The lowest BCUT2D eigenvalue weighted by Crippen LogP contribution is -2.21. The zero-order chi connectivity index (χ0) is 18.9. The van der Waals surface area contributed by atoms with Gasteiger partial charge in [-0.15, -0.1) is 0 Å². The first-order valence-corrected chi connectivity index (χ1v) is 9.38. The van der Waals surface area contributed by atoms with Crippen molar-refractivity contribution < 1.29 is 9.53 Å². The highest BCUT2D eigenvalue weighted by Gasteiger charge is 2.05. The standard InChI is InChI=1S/C22H30N2O2/c1-5-24(6-2)20-12-10-19(11-13-20)23-22(25)8-7-15-26-21-14-9-17(3)16-18(21)4/h9-14,16H,5-8,15H2,1-4H3,(H,23,25). The van der Waals surface area contributed by atoms with Crippen molar-refractivity contribution in [3.8, 4) is 5.75 Å². The minimum atomic E-state index is 0.0183. The normalized spacial score (nSPS) is 10.5. The summed E-state index contributed by atoms with van der Waals surface area (Å²) in [5, 5.41) is 2.95. The van der Waals surface area contributed by atoms with Crippen molar-refractivity contribution >= 4 is 17.3 Å². The van der Waals surface area contributed by atoms with E-state index >= 15 is 0 Å². The molecule has 26 heavy (non-hydrogen) atoms. The molecule has 2 aromatic carbocycles. The molecule has 0 bridgehead atoms. The number of rotatable bonds is 9. The lowest BCUT2D eigenvalue weighted by Gasteiger charge is -2.21. The summed E-state index contributed by atoms with van der Waals surface area (Å²) in [5.41, 5.74) is 4.36. The van der Waals surface area contributed by atoms with Gasteiger partial charge in [0.15, 0.2) is 0 Å². The van der Waals surface area contributed by atoms with Gasteiger partial charge in [0.05, 0.1) is 6.61 Å². The quantitative estimate of drug-likeness (QED) is 0.648. The van der Waals surface area contributed by atoms with Crippen LogP contribution >= 0.6 is 0 Å². The van der Waals surface area contributed by atoms with Crippen molar-refractivity contribution in [2.24, 2.45) is 0 Å². The summed E-state index contributed by atoms with van der Waals surface area (Å²) in [6, 6.07) is 14.1. The fourth-order valence-corrected chi connectivity index (χ4v) is 2.94. The maximum atomic E-state index is 12.1. The van der Waals surface area contributed by atoms with E-state index in [4.69, 9.17) is 4.74 Å². The molecule has 140 valence electrons. The van der Waals surface area contributed by atoms with Crippen LogP contribution in [0.5, 0.6) is 5.75 Å². The molecule has 0 saturated heterocycles. The first kappa shape index (κ1) is 19.8. The molecule has 0 aliphatic heterocycles. The average Bonchev–Trinajstić information content (AvgIpc) is 2.62. The van der Waals surface area contributed by atoms with Gasteiger partial charge in [0.1, 0.15) is 5.75 Å². The third kappa shape index (κ3) is 5.80. The highest BCUT2D eigenvalue weighted by atomic mass is 16.5. The minimum Gasteiger partial charge on any atom is -0.493 e. The molecular formula is C22H30N2O2. The van der Waals surface area contributed by atoms with E-state index in [0.29, 0.717) is 19.4 Å². The number of aryl methyl sites for hydroxylation is 2.